The van der Waals surface area contributed by atoms with Crippen molar-refractivity contribution < 1.29 is 4.79 Å². The number of nitrogens with two attached hydrogens (primary N) is 1. The number of hydrogen-bond acceptors (Lipinski definition) is 6. The second-order valence-corrected chi connectivity index (χ2v) is 10.4. The summed E-state index contributed by atoms with van der Waals surface area (Å²) in [5.41, 5.74) is 7.15. The van der Waals surface area contributed by atoms with Gasteiger partial charge in [0.15, 0.2) is 16.9 Å². The SMILES string of the molecule is Cn1c(=O)n(CC(=O)c2ccccc2)c(=O)c2c1nc(NC1CCCCC1N)n2Cc1ccccc1Br. The zero-order chi connectivity index (χ0) is 26.1. The van der Waals surface area contributed by atoms with Crippen LogP contribution in [0.15, 0.2) is 68.7 Å². The maximum atomic E-state index is 13.8. The van der Waals surface area contributed by atoms with Gasteiger partial charge in [-0.25, -0.2) is 4.79 Å². The van der Waals surface area contributed by atoms with Gasteiger partial charge in [-0.2, -0.15) is 4.98 Å². The van der Waals surface area contributed by atoms with Crippen molar-refractivity contribution >= 4 is 38.8 Å². The van der Waals surface area contributed by atoms with Gasteiger partial charge in [0.2, 0.25) is 5.95 Å². The van der Waals surface area contributed by atoms with E-state index in [0.29, 0.717) is 18.1 Å². The number of nitrogens with one attached hydrogen (secondary N) is 1. The van der Waals surface area contributed by atoms with Crippen LogP contribution in [-0.2, 0) is 20.1 Å². The van der Waals surface area contributed by atoms with E-state index in [4.69, 9.17) is 10.7 Å². The Kier molecular flexibility index (Phi) is 7.12. The molecule has 5 rings (SSSR count). The highest BCUT2D eigenvalue weighted by molar-refractivity contribution is 9.10. The fourth-order valence-corrected chi connectivity index (χ4v) is 5.35. The molecule has 192 valence electrons. The molecule has 0 amide bonds. The zero-order valence-electron chi connectivity index (χ0n) is 20.6. The fraction of sp³-hybridized carbons (Fsp3) is 0.333. The van der Waals surface area contributed by atoms with Gasteiger partial charge in [0.1, 0.15) is 0 Å². The van der Waals surface area contributed by atoms with Crippen LogP contribution in [0.3, 0.4) is 0 Å². The standard InChI is InChI=1S/C27H29BrN6O3/c1-32-24-23(25(36)34(27(32)37)16-22(35)17-9-3-2-4-10-17)33(15-18-11-5-6-12-19(18)28)26(31-24)30-21-14-8-7-13-20(21)29/h2-6,9-12,20-21H,7-8,13-16,29H2,1H3,(H,30,31). The van der Waals surface area contributed by atoms with Crippen LogP contribution in [0.2, 0.25) is 0 Å². The van der Waals surface area contributed by atoms with E-state index >= 15 is 0 Å². The van der Waals surface area contributed by atoms with Crippen LogP contribution in [0.1, 0.15) is 41.6 Å². The number of benzene rings is 2. The molecule has 1 saturated carbocycles. The molecule has 0 spiro atoms. The lowest BCUT2D eigenvalue weighted by Crippen LogP contribution is -2.43. The quantitative estimate of drug-likeness (QED) is 0.333. The van der Waals surface area contributed by atoms with E-state index in [2.05, 4.69) is 21.2 Å². The molecule has 4 aromatic rings. The molecule has 3 N–H and O–H groups in total. The Bertz CT molecular complexity index is 1570. The van der Waals surface area contributed by atoms with Gasteiger partial charge >= 0.3 is 5.69 Å². The number of nitrogens with zero attached hydrogens (tertiary/aromatic N) is 4. The Balaban J connectivity index is 1.66. The number of aryl methyl sites for hydroxylation is 1. The summed E-state index contributed by atoms with van der Waals surface area (Å²) in [6.07, 6.45) is 3.95. The van der Waals surface area contributed by atoms with Crippen molar-refractivity contribution in [2.45, 2.75) is 50.9 Å². The molecule has 0 radical (unpaired) electrons. The largest absolute Gasteiger partial charge is 0.351 e. The van der Waals surface area contributed by atoms with Crippen LogP contribution in [0, 0.1) is 0 Å². The first kappa shape index (κ1) is 25.2. The summed E-state index contributed by atoms with van der Waals surface area (Å²) in [4.78, 5) is 44.7. The van der Waals surface area contributed by atoms with Crippen LogP contribution in [-0.4, -0.2) is 36.6 Å². The average molecular weight is 565 g/mol. The zero-order valence-corrected chi connectivity index (χ0v) is 22.1. The van der Waals surface area contributed by atoms with Gasteiger partial charge in [0.05, 0.1) is 13.1 Å². The molecule has 1 fully saturated rings. The first-order valence-corrected chi connectivity index (χ1v) is 13.2. The third-order valence-corrected chi connectivity index (χ3v) is 7.82. The first-order chi connectivity index (χ1) is 17.8. The lowest BCUT2D eigenvalue weighted by molar-refractivity contribution is 0.0969. The number of Topliss-reactive ketones (excluding diaryl/α,β-unsaturated/α-hetero) is 1. The van der Waals surface area contributed by atoms with Crippen molar-refractivity contribution in [3.05, 3.63) is 91.0 Å². The van der Waals surface area contributed by atoms with Crippen LogP contribution < -0.4 is 22.3 Å². The molecule has 10 heteroatoms. The second kappa shape index (κ2) is 10.5. The maximum absolute atomic E-state index is 13.8. The van der Waals surface area contributed by atoms with Crippen molar-refractivity contribution in [3.63, 3.8) is 0 Å². The summed E-state index contributed by atoms with van der Waals surface area (Å²) in [5.74, 6) is 0.162. The van der Waals surface area contributed by atoms with Crippen molar-refractivity contribution in [2.24, 2.45) is 12.8 Å². The van der Waals surface area contributed by atoms with E-state index in [1.54, 1.807) is 41.9 Å². The molecule has 9 nitrogen and oxygen atoms in total. The van der Waals surface area contributed by atoms with Gasteiger partial charge in [0, 0.05) is 29.2 Å². The first-order valence-electron chi connectivity index (χ1n) is 12.4. The number of ketones is 1. The molecule has 2 unspecified atom stereocenters. The summed E-state index contributed by atoms with van der Waals surface area (Å²) in [7, 11) is 1.57. The van der Waals surface area contributed by atoms with Crippen LogP contribution in [0.5, 0.6) is 0 Å². The van der Waals surface area contributed by atoms with Crippen molar-refractivity contribution in [1.29, 1.82) is 0 Å². The molecule has 0 saturated heterocycles. The fourth-order valence-electron chi connectivity index (χ4n) is 4.94. The van der Waals surface area contributed by atoms with Crippen LogP contribution >= 0.6 is 15.9 Å². The van der Waals surface area contributed by atoms with E-state index in [0.717, 1.165) is 40.3 Å². The Hall–Kier alpha value is -3.50. The Labute approximate surface area is 222 Å². The minimum absolute atomic E-state index is 0.00226. The predicted molar refractivity (Wildman–Crippen MR) is 147 cm³/mol. The third-order valence-electron chi connectivity index (χ3n) is 7.05. The van der Waals surface area contributed by atoms with E-state index in [1.807, 2.05) is 24.3 Å². The molecule has 0 aliphatic heterocycles. The highest BCUT2D eigenvalue weighted by atomic mass is 79.9. The Morgan fingerprint density at radius 1 is 1.05 bits per heavy atom. The maximum Gasteiger partial charge on any atom is 0.332 e. The molecule has 2 heterocycles. The predicted octanol–water partition coefficient (Wildman–Crippen LogP) is 3.27. The number of aromatic nitrogens is 4. The molecule has 2 aromatic heterocycles. The minimum Gasteiger partial charge on any atom is -0.351 e. The van der Waals surface area contributed by atoms with E-state index in [1.165, 1.54) is 4.57 Å². The molecular formula is C27H29BrN6O3. The summed E-state index contributed by atoms with van der Waals surface area (Å²) >= 11 is 3.60. The molecule has 37 heavy (non-hydrogen) atoms. The Morgan fingerprint density at radius 2 is 1.76 bits per heavy atom. The number of imidazole rings is 1. The minimum atomic E-state index is -0.590. The van der Waals surface area contributed by atoms with Crippen LogP contribution in [0.25, 0.3) is 11.2 Å². The normalized spacial score (nSPS) is 17.7. The topological polar surface area (TPSA) is 117 Å². The van der Waals surface area contributed by atoms with Gasteiger partial charge in [-0.15, -0.1) is 0 Å². The number of anilines is 1. The second-order valence-electron chi connectivity index (χ2n) is 9.51. The third kappa shape index (κ3) is 4.91. The number of carbonyl (C=O) groups excluding carboxylic acids is 1. The van der Waals surface area contributed by atoms with Crippen LogP contribution in [0.4, 0.5) is 5.95 Å². The van der Waals surface area contributed by atoms with E-state index < -0.39 is 11.2 Å². The monoisotopic (exact) mass is 564 g/mol. The molecular weight excluding hydrogens is 536 g/mol. The van der Waals surface area contributed by atoms with Gasteiger partial charge in [-0.05, 0) is 24.5 Å². The highest BCUT2D eigenvalue weighted by Crippen LogP contribution is 2.25. The summed E-state index contributed by atoms with van der Waals surface area (Å²) in [6, 6.07) is 16.4. The Morgan fingerprint density at radius 3 is 2.49 bits per heavy atom. The summed E-state index contributed by atoms with van der Waals surface area (Å²) in [5, 5.41) is 3.47. The number of carbonyl (C=O) groups is 1. The summed E-state index contributed by atoms with van der Waals surface area (Å²) in [6.45, 7) is -0.0236. The van der Waals surface area contributed by atoms with E-state index in [-0.39, 0.29) is 35.6 Å². The highest BCUT2D eigenvalue weighted by Gasteiger charge is 2.27. The lowest BCUT2D eigenvalue weighted by atomic mass is 9.91. The number of hydrogen-bond donors (Lipinski definition) is 2. The average Bonchev–Trinajstić information content (AvgIpc) is 3.26. The van der Waals surface area contributed by atoms with Crippen molar-refractivity contribution in [1.82, 2.24) is 18.7 Å². The molecule has 2 aromatic carbocycles. The van der Waals surface area contributed by atoms with Crippen molar-refractivity contribution in [2.75, 3.05) is 5.32 Å². The number of rotatable bonds is 7. The number of fused-ring (bicyclic) bond motifs is 1. The van der Waals surface area contributed by atoms with Gasteiger partial charge in [-0.1, -0.05) is 77.3 Å². The van der Waals surface area contributed by atoms with Gasteiger partial charge in [0.25, 0.3) is 5.56 Å². The summed E-state index contributed by atoms with van der Waals surface area (Å²) < 4.78 is 5.01. The van der Waals surface area contributed by atoms with Gasteiger partial charge < -0.3 is 11.1 Å². The van der Waals surface area contributed by atoms with Gasteiger partial charge in [-0.3, -0.25) is 23.3 Å². The lowest BCUT2D eigenvalue weighted by Gasteiger charge is -2.29. The molecule has 1 aliphatic rings. The number of halogens is 1. The molecule has 0 bridgehead atoms. The van der Waals surface area contributed by atoms with E-state index in [9.17, 15) is 14.4 Å². The molecule has 2 atom stereocenters. The molecule has 1 aliphatic carbocycles. The van der Waals surface area contributed by atoms with Crippen molar-refractivity contribution in [3.8, 4) is 0 Å². The smallest absolute Gasteiger partial charge is 0.332 e.